The summed E-state index contributed by atoms with van der Waals surface area (Å²) in [5.41, 5.74) is 2.43. The number of hydrogen-bond acceptors (Lipinski definition) is 4. The van der Waals surface area contributed by atoms with Crippen molar-refractivity contribution in [2.45, 2.75) is 6.61 Å². The maximum atomic E-state index is 6.21. The second kappa shape index (κ2) is 8.76. The number of halogens is 4. The second-order valence-electron chi connectivity index (χ2n) is 6.11. The van der Waals surface area contributed by atoms with Gasteiger partial charge in [-0.3, -0.25) is 0 Å². The van der Waals surface area contributed by atoms with Crippen LogP contribution in [-0.4, -0.2) is 10.1 Å². The molecule has 0 amide bonds. The third-order valence-corrected chi connectivity index (χ3v) is 5.42. The average Bonchev–Trinajstić information content (AvgIpc) is 3.17. The molecule has 0 unspecified atom stereocenters. The van der Waals surface area contributed by atoms with Gasteiger partial charge in [-0.2, -0.15) is 4.98 Å². The fraction of sp³-hybridized carbons (Fsp3) is 0.0476. The lowest BCUT2D eigenvalue weighted by atomic mass is 10.1. The molecule has 0 aliphatic rings. The number of ether oxygens (including phenoxy) is 1. The van der Waals surface area contributed by atoms with Crippen molar-refractivity contribution in [2.75, 3.05) is 0 Å². The molecule has 146 valence electrons. The largest absolute Gasteiger partial charge is 0.487 e. The first-order chi connectivity index (χ1) is 14.0. The minimum Gasteiger partial charge on any atom is -0.487 e. The SMILES string of the molecule is Clc1ccc(-c2noc(-c3ccc(COc4ccc(Br)cc4Cl)cc3)n2)c(Cl)c1. The van der Waals surface area contributed by atoms with Gasteiger partial charge in [0, 0.05) is 20.6 Å². The topological polar surface area (TPSA) is 48.2 Å². The summed E-state index contributed by atoms with van der Waals surface area (Å²) in [5.74, 6) is 1.42. The van der Waals surface area contributed by atoms with Crippen LogP contribution in [0.4, 0.5) is 0 Å². The Hall–Kier alpha value is -2.05. The predicted octanol–water partition coefficient (Wildman–Crippen LogP) is 7.71. The maximum Gasteiger partial charge on any atom is 0.258 e. The Labute approximate surface area is 190 Å². The second-order valence-corrected chi connectivity index (χ2v) is 8.27. The zero-order valence-corrected chi connectivity index (χ0v) is 18.6. The van der Waals surface area contributed by atoms with Crippen LogP contribution < -0.4 is 4.74 Å². The zero-order valence-electron chi connectivity index (χ0n) is 14.7. The first-order valence-corrected chi connectivity index (χ1v) is 10.4. The van der Waals surface area contributed by atoms with Gasteiger partial charge in [0.15, 0.2) is 0 Å². The predicted molar refractivity (Wildman–Crippen MR) is 119 cm³/mol. The Morgan fingerprint density at radius 2 is 1.69 bits per heavy atom. The molecular weight excluding hydrogens is 499 g/mol. The molecule has 3 aromatic carbocycles. The molecule has 0 saturated carbocycles. The maximum absolute atomic E-state index is 6.21. The van der Waals surface area contributed by atoms with Crippen molar-refractivity contribution >= 4 is 50.7 Å². The molecule has 0 saturated heterocycles. The van der Waals surface area contributed by atoms with Gasteiger partial charge in [0.05, 0.1) is 10.0 Å². The van der Waals surface area contributed by atoms with Gasteiger partial charge in [-0.15, -0.1) is 0 Å². The number of nitrogens with zero attached hydrogens (tertiary/aromatic N) is 2. The van der Waals surface area contributed by atoms with Crippen molar-refractivity contribution in [3.63, 3.8) is 0 Å². The van der Waals surface area contributed by atoms with E-state index in [0.29, 0.717) is 44.7 Å². The van der Waals surface area contributed by atoms with Crippen molar-refractivity contribution in [3.8, 4) is 28.6 Å². The average molecular weight is 511 g/mol. The van der Waals surface area contributed by atoms with Gasteiger partial charge in [0.1, 0.15) is 12.4 Å². The van der Waals surface area contributed by atoms with Gasteiger partial charge in [0.2, 0.25) is 5.82 Å². The first kappa shape index (κ1) is 20.2. The molecule has 4 aromatic rings. The van der Waals surface area contributed by atoms with Gasteiger partial charge < -0.3 is 9.26 Å². The Kier molecular flexibility index (Phi) is 6.11. The summed E-state index contributed by atoms with van der Waals surface area (Å²) in [5, 5.41) is 5.57. The van der Waals surface area contributed by atoms with Gasteiger partial charge in [-0.25, -0.2) is 0 Å². The van der Waals surface area contributed by atoms with Crippen LogP contribution in [0.2, 0.25) is 15.1 Å². The Bertz CT molecular complexity index is 1160. The minimum absolute atomic E-state index is 0.386. The van der Waals surface area contributed by atoms with E-state index in [4.69, 9.17) is 44.1 Å². The van der Waals surface area contributed by atoms with Crippen molar-refractivity contribution in [1.82, 2.24) is 10.1 Å². The van der Waals surface area contributed by atoms with Crippen LogP contribution in [0, 0.1) is 0 Å². The van der Waals surface area contributed by atoms with E-state index in [-0.39, 0.29) is 0 Å². The minimum atomic E-state index is 0.386. The van der Waals surface area contributed by atoms with Crippen LogP contribution in [-0.2, 0) is 6.61 Å². The highest BCUT2D eigenvalue weighted by molar-refractivity contribution is 9.10. The number of benzene rings is 3. The van der Waals surface area contributed by atoms with E-state index >= 15 is 0 Å². The van der Waals surface area contributed by atoms with Crippen molar-refractivity contribution in [2.24, 2.45) is 0 Å². The van der Waals surface area contributed by atoms with Crippen LogP contribution in [0.15, 0.2) is 69.7 Å². The van der Waals surface area contributed by atoms with Crippen LogP contribution in [0.3, 0.4) is 0 Å². The van der Waals surface area contributed by atoms with Crippen molar-refractivity contribution in [3.05, 3.63) is 85.8 Å². The molecule has 0 radical (unpaired) electrons. The lowest BCUT2D eigenvalue weighted by molar-refractivity contribution is 0.306. The molecule has 0 fully saturated rings. The number of aromatic nitrogens is 2. The van der Waals surface area contributed by atoms with E-state index in [1.807, 2.05) is 36.4 Å². The van der Waals surface area contributed by atoms with E-state index in [9.17, 15) is 0 Å². The summed E-state index contributed by atoms with van der Waals surface area (Å²) in [7, 11) is 0. The molecule has 1 aromatic heterocycles. The Morgan fingerprint density at radius 3 is 2.41 bits per heavy atom. The van der Waals surface area contributed by atoms with Crippen molar-refractivity contribution < 1.29 is 9.26 Å². The summed E-state index contributed by atoms with van der Waals surface area (Å²) < 4.78 is 12.1. The van der Waals surface area contributed by atoms with E-state index in [2.05, 4.69) is 26.1 Å². The Balaban J connectivity index is 1.47. The fourth-order valence-electron chi connectivity index (χ4n) is 2.62. The highest BCUT2D eigenvalue weighted by Gasteiger charge is 2.13. The summed E-state index contributed by atoms with van der Waals surface area (Å²) >= 11 is 21.7. The quantitative estimate of drug-likeness (QED) is 0.276. The van der Waals surface area contributed by atoms with Crippen LogP contribution >= 0.6 is 50.7 Å². The van der Waals surface area contributed by atoms with Crippen LogP contribution in [0.5, 0.6) is 5.75 Å². The lowest BCUT2D eigenvalue weighted by Crippen LogP contribution is -1.96. The van der Waals surface area contributed by atoms with Crippen LogP contribution in [0.25, 0.3) is 22.8 Å². The van der Waals surface area contributed by atoms with Crippen LogP contribution in [0.1, 0.15) is 5.56 Å². The smallest absolute Gasteiger partial charge is 0.258 e. The van der Waals surface area contributed by atoms with E-state index in [0.717, 1.165) is 15.6 Å². The molecule has 4 rings (SSSR count). The molecule has 0 aliphatic heterocycles. The molecule has 4 nitrogen and oxygen atoms in total. The lowest BCUT2D eigenvalue weighted by Gasteiger charge is -2.08. The fourth-order valence-corrected chi connectivity index (χ4v) is 3.84. The van der Waals surface area contributed by atoms with Gasteiger partial charge >= 0.3 is 0 Å². The number of rotatable bonds is 5. The normalized spacial score (nSPS) is 10.9. The highest BCUT2D eigenvalue weighted by Crippen LogP contribution is 2.31. The third kappa shape index (κ3) is 4.75. The molecule has 29 heavy (non-hydrogen) atoms. The molecule has 0 spiro atoms. The molecule has 8 heteroatoms. The highest BCUT2D eigenvalue weighted by atomic mass is 79.9. The summed E-state index contributed by atoms with van der Waals surface area (Å²) in [4.78, 5) is 4.43. The number of hydrogen-bond donors (Lipinski definition) is 0. The molecule has 0 atom stereocenters. The van der Waals surface area contributed by atoms with Crippen molar-refractivity contribution in [1.29, 1.82) is 0 Å². The van der Waals surface area contributed by atoms with Gasteiger partial charge in [-0.05, 0) is 54.1 Å². The standard InChI is InChI=1S/C21H12BrCl3N2O2/c22-14-5-8-19(18(25)9-14)28-11-12-1-3-13(4-2-12)21-26-20(27-29-21)16-7-6-15(23)10-17(16)24/h1-10H,11H2. The van der Waals surface area contributed by atoms with E-state index in [1.54, 1.807) is 24.3 Å². The van der Waals surface area contributed by atoms with Gasteiger partial charge in [0.25, 0.3) is 5.89 Å². The van der Waals surface area contributed by atoms with Gasteiger partial charge in [-0.1, -0.05) is 68.0 Å². The summed E-state index contributed by atoms with van der Waals surface area (Å²) in [6.07, 6.45) is 0. The molecule has 0 aliphatic carbocycles. The zero-order chi connectivity index (χ0) is 20.4. The molecular formula is C21H12BrCl3N2O2. The van der Waals surface area contributed by atoms with E-state index in [1.165, 1.54) is 0 Å². The van der Waals surface area contributed by atoms with E-state index < -0.39 is 0 Å². The first-order valence-electron chi connectivity index (χ1n) is 8.46. The molecule has 1 heterocycles. The Morgan fingerprint density at radius 1 is 0.897 bits per heavy atom. The monoisotopic (exact) mass is 508 g/mol. The molecule has 0 bridgehead atoms. The summed E-state index contributed by atoms with van der Waals surface area (Å²) in [6.45, 7) is 0.386. The molecule has 0 N–H and O–H groups in total. The third-order valence-electron chi connectivity index (χ3n) is 4.09. The summed E-state index contributed by atoms with van der Waals surface area (Å²) in [6, 6.07) is 18.3.